The molecule has 4 nitrogen and oxygen atoms in total. The first-order valence-corrected chi connectivity index (χ1v) is 8.11. The zero-order valence-electron chi connectivity index (χ0n) is 12.6. The summed E-state index contributed by atoms with van der Waals surface area (Å²) in [6, 6.07) is 10.7. The predicted octanol–water partition coefficient (Wildman–Crippen LogP) is 1.47. The maximum Gasteiger partial charge on any atom is 0.239 e. The van der Waals surface area contributed by atoms with Gasteiger partial charge in [-0.1, -0.05) is 30.3 Å². The van der Waals surface area contributed by atoms with E-state index in [2.05, 4.69) is 45.4 Å². The highest BCUT2D eigenvalue weighted by atomic mass is 16.2. The first-order chi connectivity index (χ1) is 10.3. The fraction of sp³-hybridized carbons (Fsp3) is 0.588. The number of hydrogen-bond donors (Lipinski definition) is 1. The van der Waals surface area contributed by atoms with Crippen LogP contribution in [0.2, 0.25) is 0 Å². The summed E-state index contributed by atoms with van der Waals surface area (Å²) in [4.78, 5) is 17.0. The van der Waals surface area contributed by atoms with Gasteiger partial charge in [0, 0.05) is 32.7 Å². The van der Waals surface area contributed by atoms with Crippen molar-refractivity contribution in [2.45, 2.75) is 31.8 Å². The minimum Gasteiger partial charge on any atom is -0.340 e. The molecule has 0 saturated carbocycles. The molecule has 0 aliphatic carbocycles. The second kappa shape index (κ2) is 7.05. The van der Waals surface area contributed by atoms with Crippen LogP contribution in [0.3, 0.4) is 0 Å². The lowest BCUT2D eigenvalue weighted by Gasteiger charge is -2.24. The molecule has 2 fully saturated rings. The molecule has 2 heterocycles. The van der Waals surface area contributed by atoms with Crippen molar-refractivity contribution < 1.29 is 4.79 Å². The minimum atomic E-state index is 0.0747. The van der Waals surface area contributed by atoms with Gasteiger partial charge >= 0.3 is 0 Å². The van der Waals surface area contributed by atoms with E-state index in [1.165, 1.54) is 5.56 Å². The standard InChI is InChI=1S/C17H25N3O/c21-17(16-8-4-9-18-16)20-11-5-10-19(12-13-20)14-15-6-2-1-3-7-15/h1-3,6-7,16,18H,4-5,8-14H2. The number of rotatable bonds is 3. The van der Waals surface area contributed by atoms with E-state index in [-0.39, 0.29) is 6.04 Å². The second-order valence-electron chi connectivity index (χ2n) is 6.09. The third-order valence-corrected chi connectivity index (χ3v) is 4.51. The average molecular weight is 287 g/mol. The maximum atomic E-state index is 12.5. The van der Waals surface area contributed by atoms with Crippen molar-refractivity contribution in [3.8, 4) is 0 Å². The molecular weight excluding hydrogens is 262 g/mol. The molecule has 0 bridgehead atoms. The summed E-state index contributed by atoms with van der Waals surface area (Å²) in [6.07, 6.45) is 3.21. The zero-order valence-corrected chi connectivity index (χ0v) is 12.6. The summed E-state index contributed by atoms with van der Waals surface area (Å²) in [5, 5.41) is 3.32. The largest absolute Gasteiger partial charge is 0.340 e. The Morgan fingerprint density at radius 3 is 2.71 bits per heavy atom. The number of carbonyl (C=O) groups excluding carboxylic acids is 1. The molecule has 1 aromatic carbocycles. The minimum absolute atomic E-state index is 0.0747. The zero-order chi connectivity index (χ0) is 14.5. The van der Waals surface area contributed by atoms with Gasteiger partial charge in [0.2, 0.25) is 5.91 Å². The summed E-state index contributed by atoms with van der Waals surface area (Å²) >= 11 is 0. The topological polar surface area (TPSA) is 35.6 Å². The summed E-state index contributed by atoms with van der Waals surface area (Å²) in [7, 11) is 0. The molecule has 1 N–H and O–H groups in total. The van der Waals surface area contributed by atoms with Gasteiger partial charge in [0.25, 0.3) is 0 Å². The van der Waals surface area contributed by atoms with Crippen molar-refractivity contribution in [3.63, 3.8) is 0 Å². The molecule has 3 rings (SSSR count). The van der Waals surface area contributed by atoms with Crippen LogP contribution in [0.4, 0.5) is 0 Å². The van der Waals surface area contributed by atoms with Gasteiger partial charge in [-0.05, 0) is 31.4 Å². The van der Waals surface area contributed by atoms with Gasteiger partial charge in [0.05, 0.1) is 6.04 Å². The van der Waals surface area contributed by atoms with Crippen LogP contribution in [0.15, 0.2) is 30.3 Å². The summed E-state index contributed by atoms with van der Waals surface area (Å²) in [6.45, 7) is 5.81. The van der Waals surface area contributed by atoms with Crippen LogP contribution < -0.4 is 5.32 Å². The molecule has 114 valence electrons. The SMILES string of the molecule is O=C(C1CCCN1)N1CCCN(Cc2ccccc2)CC1. The van der Waals surface area contributed by atoms with E-state index in [0.717, 1.165) is 58.5 Å². The third kappa shape index (κ3) is 3.83. The molecule has 2 aliphatic heterocycles. The van der Waals surface area contributed by atoms with Gasteiger partial charge in [-0.2, -0.15) is 0 Å². The Morgan fingerprint density at radius 1 is 1.10 bits per heavy atom. The maximum absolute atomic E-state index is 12.5. The number of benzene rings is 1. The highest BCUT2D eigenvalue weighted by molar-refractivity contribution is 5.82. The van der Waals surface area contributed by atoms with Crippen LogP contribution >= 0.6 is 0 Å². The van der Waals surface area contributed by atoms with Crippen LogP contribution in [0, 0.1) is 0 Å². The molecule has 1 unspecified atom stereocenters. The summed E-state index contributed by atoms with van der Waals surface area (Å²) < 4.78 is 0. The molecule has 21 heavy (non-hydrogen) atoms. The molecule has 2 aliphatic rings. The number of hydrogen-bond acceptors (Lipinski definition) is 3. The van der Waals surface area contributed by atoms with Crippen LogP contribution in [0.5, 0.6) is 0 Å². The third-order valence-electron chi connectivity index (χ3n) is 4.51. The van der Waals surface area contributed by atoms with Gasteiger partial charge in [-0.25, -0.2) is 0 Å². The molecule has 0 spiro atoms. The van der Waals surface area contributed by atoms with Crippen molar-refractivity contribution in [1.29, 1.82) is 0 Å². The number of nitrogens with zero attached hydrogens (tertiary/aromatic N) is 2. The smallest absolute Gasteiger partial charge is 0.239 e. The van der Waals surface area contributed by atoms with Crippen LogP contribution in [0.25, 0.3) is 0 Å². The van der Waals surface area contributed by atoms with E-state index in [0.29, 0.717) is 5.91 Å². The van der Waals surface area contributed by atoms with Gasteiger partial charge < -0.3 is 10.2 Å². The summed E-state index contributed by atoms with van der Waals surface area (Å²) in [5.74, 6) is 0.314. The molecular formula is C17H25N3O. The van der Waals surface area contributed by atoms with Crippen molar-refractivity contribution in [2.24, 2.45) is 0 Å². The Balaban J connectivity index is 1.53. The van der Waals surface area contributed by atoms with Gasteiger partial charge in [0.1, 0.15) is 0 Å². The quantitative estimate of drug-likeness (QED) is 0.914. The Hall–Kier alpha value is -1.39. The van der Waals surface area contributed by atoms with Crippen LogP contribution in [-0.4, -0.2) is 54.5 Å². The van der Waals surface area contributed by atoms with Crippen molar-refractivity contribution in [2.75, 3.05) is 32.7 Å². The van der Waals surface area contributed by atoms with E-state index >= 15 is 0 Å². The Bertz CT molecular complexity index is 456. The fourth-order valence-corrected chi connectivity index (χ4v) is 3.31. The van der Waals surface area contributed by atoms with Crippen LogP contribution in [-0.2, 0) is 11.3 Å². The van der Waals surface area contributed by atoms with Crippen molar-refractivity contribution in [1.82, 2.24) is 15.1 Å². The van der Waals surface area contributed by atoms with E-state index in [1.807, 2.05) is 0 Å². The van der Waals surface area contributed by atoms with E-state index in [4.69, 9.17) is 0 Å². The van der Waals surface area contributed by atoms with E-state index < -0.39 is 0 Å². The fourth-order valence-electron chi connectivity index (χ4n) is 3.31. The lowest BCUT2D eigenvalue weighted by atomic mass is 10.2. The van der Waals surface area contributed by atoms with E-state index in [9.17, 15) is 4.79 Å². The first-order valence-electron chi connectivity index (χ1n) is 8.11. The molecule has 2 saturated heterocycles. The predicted molar refractivity (Wildman–Crippen MR) is 83.9 cm³/mol. The molecule has 0 radical (unpaired) electrons. The molecule has 1 atom stereocenters. The first kappa shape index (κ1) is 14.5. The summed E-state index contributed by atoms with van der Waals surface area (Å²) in [5.41, 5.74) is 1.36. The number of amides is 1. The van der Waals surface area contributed by atoms with Crippen molar-refractivity contribution in [3.05, 3.63) is 35.9 Å². The molecule has 1 amide bonds. The normalized spacial score (nSPS) is 24.0. The highest BCUT2D eigenvalue weighted by Crippen LogP contribution is 2.13. The second-order valence-corrected chi connectivity index (χ2v) is 6.09. The number of carbonyl (C=O) groups is 1. The molecule has 0 aromatic heterocycles. The molecule has 4 heteroatoms. The lowest BCUT2D eigenvalue weighted by molar-refractivity contribution is -0.132. The Labute approximate surface area is 127 Å². The lowest BCUT2D eigenvalue weighted by Crippen LogP contribution is -2.45. The Kier molecular flexibility index (Phi) is 4.88. The van der Waals surface area contributed by atoms with Gasteiger partial charge in [-0.3, -0.25) is 9.69 Å². The van der Waals surface area contributed by atoms with Crippen molar-refractivity contribution >= 4 is 5.91 Å². The number of nitrogens with one attached hydrogen (secondary N) is 1. The Morgan fingerprint density at radius 2 is 1.95 bits per heavy atom. The monoisotopic (exact) mass is 287 g/mol. The van der Waals surface area contributed by atoms with E-state index in [1.54, 1.807) is 0 Å². The van der Waals surface area contributed by atoms with Gasteiger partial charge in [-0.15, -0.1) is 0 Å². The van der Waals surface area contributed by atoms with Gasteiger partial charge in [0.15, 0.2) is 0 Å². The highest BCUT2D eigenvalue weighted by Gasteiger charge is 2.28. The molecule has 1 aromatic rings. The average Bonchev–Trinajstić information content (AvgIpc) is 2.95. The van der Waals surface area contributed by atoms with Crippen LogP contribution in [0.1, 0.15) is 24.8 Å².